The number of Topliss-reactive ketones (excluding diaryl/α,β-unsaturated/α-hetero) is 1. The largest absolute Gasteiger partial charge is 0.458 e. The van der Waals surface area contributed by atoms with Gasteiger partial charge in [-0.2, -0.15) is 0 Å². The number of carbonyl (C=O) groups is 3. The van der Waals surface area contributed by atoms with Crippen molar-refractivity contribution >= 4 is 17.5 Å². The minimum atomic E-state index is -0.526. The van der Waals surface area contributed by atoms with E-state index in [0.29, 0.717) is 18.3 Å². The molecule has 5 nitrogen and oxygen atoms in total. The van der Waals surface area contributed by atoms with Crippen LogP contribution in [0, 0.1) is 40.4 Å². The van der Waals surface area contributed by atoms with Crippen molar-refractivity contribution in [3.63, 3.8) is 0 Å². The minimum absolute atomic E-state index is 0.0193. The first-order valence-electron chi connectivity index (χ1n) is 10.9. The highest BCUT2D eigenvalue weighted by Crippen LogP contribution is 2.67. The number of rotatable bonds is 3. The molecule has 0 saturated heterocycles. The molecular weight excluding hydrogens is 368 g/mol. The van der Waals surface area contributed by atoms with Crippen LogP contribution in [0.25, 0.3) is 0 Å². The van der Waals surface area contributed by atoms with Gasteiger partial charge in [-0.05, 0) is 61.0 Å². The molecule has 0 aromatic carbocycles. The van der Waals surface area contributed by atoms with E-state index in [1.807, 2.05) is 6.08 Å². The summed E-state index contributed by atoms with van der Waals surface area (Å²) in [5.74, 6) is 0.319. The molecule has 0 aromatic heterocycles. The van der Waals surface area contributed by atoms with E-state index in [0.717, 1.165) is 24.8 Å². The predicted octanol–water partition coefficient (Wildman–Crippen LogP) is 3.26. The number of carbonyl (C=O) groups excluding carboxylic acids is 3. The molecule has 3 saturated carbocycles. The lowest BCUT2D eigenvalue weighted by Gasteiger charge is -2.58. The number of fused-ring (bicyclic) bond motifs is 5. The van der Waals surface area contributed by atoms with E-state index >= 15 is 0 Å². The molecule has 4 aliphatic rings. The zero-order valence-corrected chi connectivity index (χ0v) is 17.8. The molecule has 5 heteroatoms. The Balaban J connectivity index is 1.65. The predicted molar refractivity (Wildman–Crippen MR) is 108 cm³/mol. The third kappa shape index (κ3) is 3.04. The van der Waals surface area contributed by atoms with Crippen LogP contribution in [0.3, 0.4) is 0 Å². The molecule has 158 valence electrons. The van der Waals surface area contributed by atoms with Crippen LogP contribution in [0.1, 0.15) is 53.4 Å². The Labute approximate surface area is 172 Å². The SMILES string of the molecule is CC(=O)OCC(=O)C1C(C)CC2C3CCC4=CC(=O)C=CC4(C)C3C(O)CC21C. The molecule has 29 heavy (non-hydrogen) atoms. The summed E-state index contributed by atoms with van der Waals surface area (Å²) >= 11 is 0. The monoisotopic (exact) mass is 400 g/mol. The van der Waals surface area contributed by atoms with Gasteiger partial charge in [-0.3, -0.25) is 14.4 Å². The minimum Gasteiger partial charge on any atom is -0.458 e. The smallest absolute Gasteiger partial charge is 0.303 e. The molecule has 8 unspecified atom stereocenters. The Morgan fingerprint density at radius 3 is 2.72 bits per heavy atom. The summed E-state index contributed by atoms with van der Waals surface area (Å²) in [4.78, 5) is 36.1. The molecule has 4 rings (SSSR count). The Hall–Kier alpha value is -1.75. The van der Waals surface area contributed by atoms with Crippen LogP contribution in [0.15, 0.2) is 23.8 Å². The number of hydrogen-bond donors (Lipinski definition) is 1. The molecule has 8 atom stereocenters. The molecule has 4 aliphatic carbocycles. The summed E-state index contributed by atoms with van der Waals surface area (Å²) in [5.41, 5.74) is 0.561. The van der Waals surface area contributed by atoms with Crippen LogP contribution >= 0.6 is 0 Å². The topological polar surface area (TPSA) is 80.7 Å². The van der Waals surface area contributed by atoms with Gasteiger partial charge in [0.2, 0.25) is 0 Å². The maximum absolute atomic E-state index is 13.0. The number of allylic oxidation sites excluding steroid dienone is 4. The zero-order valence-electron chi connectivity index (χ0n) is 17.8. The lowest BCUT2D eigenvalue weighted by Crippen LogP contribution is -2.56. The van der Waals surface area contributed by atoms with E-state index in [4.69, 9.17) is 4.74 Å². The van der Waals surface area contributed by atoms with Crippen LogP contribution in [0.5, 0.6) is 0 Å². The van der Waals surface area contributed by atoms with E-state index in [1.54, 1.807) is 12.2 Å². The third-order valence-corrected chi connectivity index (χ3v) is 8.60. The average molecular weight is 401 g/mol. The summed E-state index contributed by atoms with van der Waals surface area (Å²) in [6.45, 7) is 7.58. The summed E-state index contributed by atoms with van der Waals surface area (Å²) in [7, 11) is 0. The maximum atomic E-state index is 13.0. The van der Waals surface area contributed by atoms with Crippen molar-refractivity contribution in [2.45, 2.75) is 59.5 Å². The first-order valence-corrected chi connectivity index (χ1v) is 10.9. The first-order chi connectivity index (χ1) is 13.6. The lowest BCUT2D eigenvalue weighted by atomic mass is 9.46. The molecule has 0 amide bonds. The summed E-state index contributed by atoms with van der Waals surface area (Å²) < 4.78 is 5.02. The Morgan fingerprint density at radius 1 is 1.31 bits per heavy atom. The molecule has 0 aliphatic heterocycles. The summed E-state index contributed by atoms with van der Waals surface area (Å²) in [6.07, 6.45) is 8.24. The third-order valence-electron chi connectivity index (χ3n) is 8.60. The summed E-state index contributed by atoms with van der Waals surface area (Å²) in [6, 6.07) is 0. The van der Waals surface area contributed by atoms with E-state index in [2.05, 4.69) is 20.8 Å². The second-order valence-corrected chi connectivity index (χ2v) is 10.2. The van der Waals surface area contributed by atoms with Crippen molar-refractivity contribution in [1.29, 1.82) is 0 Å². The van der Waals surface area contributed by atoms with Crippen LogP contribution < -0.4 is 0 Å². The van der Waals surface area contributed by atoms with Crippen LogP contribution in [-0.2, 0) is 19.1 Å². The van der Waals surface area contributed by atoms with Crippen LogP contribution in [0.4, 0.5) is 0 Å². The number of ether oxygens (including phenoxy) is 1. The van der Waals surface area contributed by atoms with E-state index in [1.165, 1.54) is 6.92 Å². The summed E-state index contributed by atoms with van der Waals surface area (Å²) in [5, 5.41) is 11.3. The van der Waals surface area contributed by atoms with Gasteiger partial charge in [-0.25, -0.2) is 0 Å². The van der Waals surface area contributed by atoms with Gasteiger partial charge in [-0.15, -0.1) is 0 Å². The van der Waals surface area contributed by atoms with E-state index in [9.17, 15) is 19.5 Å². The Kier molecular flexibility index (Phi) is 4.88. The molecular formula is C24H32O5. The molecule has 0 bridgehead atoms. The van der Waals surface area contributed by atoms with Gasteiger partial charge < -0.3 is 9.84 Å². The number of hydrogen-bond acceptors (Lipinski definition) is 5. The highest BCUT2D eigenvalue weighted by atomic mass is 16.5. The number of ketones is 2. The molecule has 1 N–H and O–H groups in total. The Bertz CT molecular complexity index is 810. The zero-order chi connectivity index (χ0) is 21.1. The van der Waals surface area contributed by atoms with Crippen molar-refractivity contribution < 1.29 is 24.2 Å². The van der Waals surface area contributed by atoms with E-state index < -0.39 is 12.1 Å². The van der Waals surface area contributed by atoms with Gasteiger partial charge in [0.05, 0.1) is 6.10 Å². The molecule has 0 spiro atoms. The van der Waals surface area contributed by atoms with Crippen molar-refractivity contribution in [2.75, 3.05) is 6.61 Å². The fourth-order valence-corrected chi connectivity index (χ4v) is 7.64. The standard InChI is InChI=1S/C24H32O5/c1-13-9-18-17-6-5-15-10-16(26)7-8-23(15,3)22(17)19(27)11-24(18,4)21(13)20(28)12-29-14(2)25/h7-8,10,13,17-19,21-22,27H,5-6,9,11-12H2,1-4H3. The molecule has 0 heterocycles. The average Bonchev–Trinajstić information content (AvgIpc) is 2.89. The first kappa shape index (κ1) is 20.5. The van der Waals surface area contributed by atoms with Crippen LogP contribution in [0.2, 0.25) is 0 Å². The second-order valence-electron chi connectivity index (χ2n) is 10.2. The molecule has 0 radical (unpaired) electrons. The normalized spacial score (nSPS) is 45.7. The van der Waals surface area contributed by atoms with Gasteiger partial charge in [0.25, 0.3) is 0 Å². The highest BCUT2D eigenvalue weighted by molar-refractivity contribution is 6.01. The quantitative estimate of drug-likeness (QED) is 0.736. The van der Waals surface area contributed by atoms with Gasteiger partial charge in [0.15, 0.2) is 11.6 Å². The van der Waals surface area contributed by atoms with Crippen molar-refractivity contribution in [2.24, 2.45) is 40.4 Å². The van der Waals surface area contributed by atoms with Gasteiger partial charge in [-0.1, -0.05) is 32.4 Å². The maximum Gasteiger partial charge on any atom is 0.303 e. The van der Waals surface area contributed by atoms with Gasteiger partial charge in [0, 0.05) is 24.2 Å². The van der Waals surface area contributed by atoms with Crippen molar-refractivity contribution in [3.8, 4) is 0 Å². The molecule has 0 aromatic rings. The molecule has 3 fully saturated rings. The number of esters is 1. The highest BCUT2D eigenvalue weighted by Gasteiger charge is 2.64. The van der Waals surface area contributed by atoms with Crippen molar-refractivity contribution in [1.82, 2.24) is 0 Å². The second kappa shape index (κ2) is 6.90. The number of aliphatic hydroxyl groups is 1. The van der Waals surface area contributed by atoms with E-state index in [-0.39, 0.29) is 46.8 Å². The Morgan fingerprint density at radius 2 is 2.03 bits per heavy atom. The number of aliphatic hydroxyl groups excluding tert-OH is 1. The van der Waals surface area contributed by atoms with Crippen LogP contribution in [-0.4, -0.2) is 35.4 Å². The fraction of sp³-hybridized carbons (Fsp3) is 0.708. The fourth-order valence-electron chi connectivity index (χ4n) is 7.64. The van der Waals surface area contributed by atoms with Gasteiger partial charge >= 0.3 is 5.97 Å². The van der Waals surface area contributed by atoms with Gasteiger partial charge in [0.1, 0.15) is 6.61 Å². The lowest BCUT2D eigenvalue weighted by molar-refractivity contribution is -0.152. The van der Waals surface area contributed by atoms with Crippen molar-refractivity contribution in [3.05, 3.63) is 23.8 Å².